The third kappa shape index (κ3) is 2.89. The Labute approximate surface area is 116 Å². The van der Waals surface area contributed by atoms with Gasteiger partial charge in [0.25, 0.3) is 0 Å². The molecule has 1 aromatic rings. The highest BCUT2D eigenvalue weighted by Crippen LogP contribution is 2.38. The molecule has 0 aliphatic heterocycles. The summed E-state index contributed by atoms with van der Waals surface area (Å²) in [5, 5.41) is 14.5. The molecule has 2 amide bonds. The molecule has 0 saturated heterocycles. The number of carbonyl (C=O) groups is 2. The van der Waals surface area contributed by atoms with Gasteiger partial charge in [-0.05, 0) is 44.0 Å². The minimum absolute atomic E-state index is 0.384. The second-order valence-corrected chi connectivity index (χ2v) is 5.27. The Bertz CT molecular complexity index is 518. The van der Waals surface area contributed by atoms with E-state index in [2.05, 4.69) is 10.6 Å². The molecule has 0 radical (unpaired) electrons. The summed E-state index contributed by atoms with van der Waals surface area (Å²) in [7, 11) is 0. The van der Waals surface area contributed by atoms with Crippen LogP contribution in [0.25, 0.3) is 0 Å². The maximum absolute atomic E-state index is 12.7. The van der Waals surface area contributed by atoms with E-state index < -0.39 is 23.5 Å². The molecule has 0 spiro atoms. The Morgan fingerprint density at radius 1 is 1.35 bits per heavy atom. The molecule has 0 heterocycles. The average Bonchev–Trinajstić information content (AvgIpc) is 2.75. The molecule has 2 atom stereocenters. The number of urea groups is 1. The highest BCUT2D eigenvalue weighted by Gasteiger charge is 2.45. The Hall–Kier alpha value is -2.11. The van der Waals surface area contributed by atoms with Gasteiger partial charge in [-0.3, -0.25) is 4.79 Å². The molecule has 108 valence electrons. The summed E-state index contributed by atoms with van der Waals surface area (Å²) in [5.74, 6) is -1.28. The Morgan fingerprint density at radius 2 is 2.00 bits per heavy atom. The van der Waals surface area contributed by atoms with Crippen LogP contribution in [-0.4, -0.2) is 23.1 Å². The predicted octanol–water partition coefficient (Wildman–Crippen LogP) is 2.59. The van der Waals surface area contributed by atoms with Gasteiger partial charge in [-0.25, -0.2) is 9.18 Å². The van der Waals surface area contributed by atoms with Gasteiger partial charge < -0.3 is 15.7 Å². The van der Waals surface area contributed by atoms with Crippen LogP contribution in [0, 0.1) is 11.2 Å². The molecule has 3 N–H and O–H groups in total. The molecule has 20 heavy (non-hydrogen) atoms. The van der Waals surface area contributed by atoms with E-state index in [0.29, 0.717) is 18.5 Å². The predicted molar refractivity (Wildman–Crippen MR) is 71.9 cm³/mol. The summed E-state index contributed by atoms with van der Waals surface area (Å²) in [6, 6.07) is 4.50. The van der Waals surface area contributed by atoms with Gasteiger partial charge in [-0.1, -0.05) is 6.42 Å². The monoisotopic (exact) mass is 280 g/mol. The van der Waals surface area contributed by atoms with Gasteiger partial charge in [0.05, 0.1) is 5.41 Å². The molecule has 1 aliphatic rings. The fourth-order valence-electron chi connectivity index (χ4n) is 2.51. The maximum Gasteiger partial charge on any atom is 0.319 e. The lowest BCUT2D eigenvalue weighted by Gasteiger charge is -2.27. The van der Waals surface area contributed by atoms with Crippen molar-refractivity contribution in [2.45, 2.75) is 32.2 Å². The van der Waals surface area contributed by atoms with Crippen LogP contribution >= 0.6 is 0 Å². The summed E-state index contributed by atoms with van der Waals surface area (Å²) in [6.07, 6.45) is 1.95. The van der Waals surface area contributed by atoms with Gasteiger partial charge >= 0.3 is 12.0 Å². The van der Waals surface area contributed by atoms with Crippen molar-refractivity contribution in [2.75, 3.05) is 5.32 Å². The third-order valence-corrected chi connectivity index (χ3v) is 3.85. The number of amides is 2. The van der Waals surface area contributed by atoms with E-state index in [1.54, 1.807) is 6.92 Å². The number of hydrogen-bond acceptors (Lipinski definition) is 2. The van der Waals surface area contributed by atoms with Crippen LogP contribution in [0.5, 0.6) is 0 Å². The number of carboxylic acid groups (broad SMARTS) is 1. The molecule has 0 bridgehead atoms. The van der Waals surface area contributed by atoms with E-state index in [9.17, 15) is 19.1 Å². The zero-order valence-corrected chi connectivity index (χ0v) is 11.1. The molecule has 1 fully saturated rings. The standard InChI is InChI=1S/C14H17FN2O3/c1-14(12(18)19)8-2-3-11(14)17-13(20)16-10-6-4-9(15)5-7-10/h4-7,11H,2-3,8H2,1H3,(H,18,19)(H2,16,17,20). The lowest BCUT2D eigenvalue weighted by Crippen LogP contribution is -2.48. The Kier molecular flexibility index (Phi) is 3.92. The van der Waals surface area contributed by atoms with Crippen molar-refractivity contribution in [3.05, 3.63) is 30.1 Å². The number of anilines is 1. The molecule has 2 rings (SSSR count). The molecule has 2 unspecified atom stereocenters. The topological polar surface area (TPSA) is 78.4 Å². The Balaban J connectivity index is 1.98. The average molecular weight is 280 g/mol. The van der Waals surface area contributed by atoms with Crippen LogP contribution in [0.4, 0.5) is 14.9 Å². The zero-order chi connectivity index (χ0) is 14.8. The fourth-order valence-corrected chi connectivity index (χ4v) is 2.51. The molecule has 1 aromatic carbocycles. The first kappa shape index (κ1) is 14.3. The van der Waals surface area contributed by atoms with Crippen molar-refractivity contribution in [3.8, 4) is 0 Å². The highest BCUT2D eigenvalue weighted by molar-refractivity contribution is 5.90. The van der Waals surface area contributed by atoms with Crippen LogP contribution < -0.4 is 10.6 Å². The minimum atomic E-state index is -0.930. The second kappa shape index (κ2) is 5.48. The van der Waals surface area contributed by atoms with Crippen LogP contribution in [0.3, 0.4) is 0 Å². The molecule has 6 heteroatoms. The molecular formula is C14H17FN2O3. The lowest BCUT2D eigenvalue weighted by atomic mass is 9.85. The van der Waals surface area contributed by atoms with Crippen molar-refractivity contribution in [1.82, 2.24) is 5.32 Å². The van der Waals surface area contributed by atoms with E-state index in [4.69, 9.17) is 0 Å². The summed E-state index contributed by atoms with van der Waals surface area (Å²) in [6.45, 7) is 1.64. The van der Waals surface area contributed by atoms with Crippen molar-refractivity contribution < 1.29 is 19.1 Å². The van der Waals surface area contributed by atoms with Crippen molar-refractivity contribution in [2.24, 2.45) is 5.41 Å². The van der Waals surface area contributed by atoms with Gasteiger partial charge in [0.2, 0.25) is 0 Å². The SMILES string of the molecule is CC1(C(=O)O)CCCC1NC(=O)Nc1ccc(F)cc1. The highest BCUT2D eigenvalue weighted by atomic mass is 19.1. The smallest absolute Gasteiger partial charge is 0.319 e. The summed E-state index contributed by atoms with van der Waals surface area (Å²) < 4.78 is 12.7. The molecule has 0 aromatic heterocycles. The van der Waals surface area contributed by atoms with Crippen molar-refractivity contribution in [3.63, 3.8) is 0 Å². The summed E-state index contributed by atoms with van der Waals surface area (Å²) in [5.41, 5.74) is -0.473. The molecule has 1 saturated carbocycles. The number of benzene rings is 1. The van der Waals surface area contributed by atoms with Crippen molar-refractivity contribution >= 4 is 17.7 Å². The molecule has 1 aliphatic carbocycles. The normalized spacial score (nSPS) is 25.2. The maximum atomic E-state index is 12.7. The number of nitrogens with one attached hydrogen (secondary N) is 2. The van der Waals surface area contributed by atoms with E-state index in [1.807, 2.05) is 0 Å². The zero-order valence-electron chi connectivity index (χ0n) is 11.1. The first-order valence-corrected chi connectivity index (χ1v) is 6.48. The number of halogens is 1. The van der Waals surface area contributed by atoms with Crippen LogP contribution in [0.15, 0.2) is 24.3 Å². The summed E-state index contributed by atoms with van der Waals surface area (Å²) in [4.78, 5) is 23.2. The van der Waals surface area contributed by atoms with Crippen LogP contribution in [0.2, 0.25) is 0 Å². The Morgan fingerprint density at radius 3 is 2.60 bits per heavy atom. The third-order valence-electron chi connectivity index (χ3n) is 3.85. The van der Waals surface area contributed by atoms with Crippen LogP contribution in [0.1, 0.15) is 26.2 Å². The fraction of sp³-hybridized carbons (Fsp3) is 0.429. The summed E-state index contributed by atoms with van der Waals surface area (Å²) >= 11 is 0. The van der Waals surface area contributed by atoms with Gasteiger partial charge in [-0.2, -0.15) is 0 Å². The molecular weight excluding hydrogens is 263 g/mol. The van der Waals surface area contributed by atoms with Crippen LogP contribution in [-0.2, 0) is 4.79 Å². The first-order chi connectivity index (χ1) is 9.41. The van der Waals surface area contributed by atoms with Gasteiger partial charge in [0.1, 0.15) is 5.82 Å². The quantitative estimate of drug-likeness (QED) is 0.796. The molecule has 5 nitrogen and oxygen atoms in total. The minimum Gasteiger partial charge on any atom is -0.481 e. The van der Waals surface area contributed by atoms with Crippen molar-refractivity contribution in [1.29, 1.82) is 0 Å². The number of rotatable bonds is 3. The number of carbonyl (C=O) groups excluding carboxylic acids is 1. The second-order valence-electron chi connectivity index (χ2n) is 5.27. The number of carboxylic acids is 1. The van der Waals surface area contributed by atoms with E-state index in [0.717, 1.165) is 6.42 Å². The van der Waals surface area contributed by atoms with Gasteiger partial charge in [-0.15, -0.1) is 0 Å². The lowest BCUT2D eigenvalue weighted by molar-refractivity contribution is -0.148. The number of aliphatic carboxylic acids is 1. The van der Waals surface area contributed by atoms with E-state index >= 15 is 0 Å². The largest absolute Gasteiger partial charge is 0.481 e. The van der Waals surface area contributed by atoms with Gasteiger partial charge in [0, 0.05) is 11.7 Å². The van der Waals surface area contributed by atoms with Gasteiger partial charge in [0.15, 0.2) is 0 Å². The number of hydrogen-bond donors (Lipinski definition) is 3. The first-order valence-electron chi connectivity index (χ1n) is 6.48. The van der Waals surface area contributed by atoms with E-state index in [-0.39, 0.29) is 5.82 Å². The van der Waals surface area contributed by atoms with E-state index in [1.165, 1.54) is 24.3 Å².